The third-order valence-electron chi connectivity index (χ3n) is 1.90. The normalized spacial score (nSPS) is 16.2. The van der Waals surface area contributed by atoms with Gasteiger partial charge in [-0.25, -0.2) is 0 Å². The molecule has 0 fully saturated rings. The second-order valence-electron chi connectivity index (χ2n) is 2.99. The molecule has 0 aromatic rings. The Hall–Kier alpha value is 0.200. The fourth-order valence-corrected chi connectivity index (χ4v) is 1.21. The first-order chi connectivity index (χ1) is 4.83. The van der Waals surface area contributed by atoms with Crippen molar-refractivity contribution in [3.63, 3.8) is 0 Å². The van der Waals surface area contributed by atoms with E-state index in [0.717, 1.165) is 0 Å². The van der Waals surface area contributed by atoms with Crippen LogP contribution in [0.2, 0.25) is 0 Å². The molecule has 0 spiro atoms. The maximum Gasteiger partial charge on any atom is 0.234 e. The summed E-state index contributed by atoms with van der Waals surface area (Å²) in [5.74, 6) is 0. The van der Waals surface area contributed by atoms with Gasteiger partial charge in [-0.05, 0) is 6.42 Å². The maximum absolute atomic E-state index is 2.39. The number of hydrogen-bond donors (Lipinski definition) is 0. The molecule has 0 aliphatic carbocycles. The number of rotatable bonds is 3. The topological polar surface area (TPSA) is 6.25 Å². The number of hydrogen-bond acceptors (Lipinski definition) is 1. The summed E-state index contributed by atoms with van der Waals surface area (Å²) in [6.07, 6.45) is 4.84. The third-order valence-corrected chi connectivity index (χ3v) is 1.90. The average molecular weight is 268 g/mol. The maximum atomic E-state index is 2.39. The molecule has 1 aliphatic rings. The summed E-state index contributed by atoms with van der Waals surface area (Å²) in [4.78, 5) is 2.39. The van der Waals surface area contributed by atoms with Gasteiger partial charge in [0.1, 0.15) is 13.1 Å². The molecule has 0 saturated heterocycles. The monoisotopic (exact) mass is 268 g/mol. The molecule has 0 atom stereocenters. The predicted octanol–water partition coefficient (Wildman–Crippen LogP) is -2.22. The molecular weight excluding hydrogens is 251 g/mol. The molecule has 0 amide bonds. The van der Waals surface area contributed by atoms with Gasteiger partial charge in [-0.3, -0.25) is 9.48 Å². The molecule has 0 N–H and O–H groups in total. The van der Waals surface area contributed by atoms with Crippen molar-refractivity contribution in [3.05, 3.63) is 0 Å². The third kappa shape index (κ3) is 3.94. The Bertz CT molecular complexity index is 134. The van der Waals surface area contributed by atoms with Gasteiger partial charge in [0, 0.05) is 0 Å². The van der Waals surface area contributed by atoms with Gasteiger partial charge in [0.2, 0.25) is 6.34 Å². The lowest BCUT2D eigenvalue weighted by molar-refractivity contribution is -0.482. The van der Waals surface area contributed by atoms with E-state index >= 15 is 0 Å². The molecule has 0 aromatic heterocycles. The lowest BCUT2D eigenvalue weighted by Crippen LogP contribution is -3.00. The summed E-state index contributed by atoms with van der Waals surface area (Å²) < 4.78 is 2.25. The van der Waals surface area contributed by atoms with Gasteiger partial charge in [-0.1, -0.05) is 13.3 Å². The van der Waals surface area contributed by atoms with Gasteiger partial charge < -0.3 is 24.0 Å². The van der Waals surface area contributed by atoms with Gasteiger partial charge in [-0.2, -0.15) is 0 Å². The van der Waals surface area contributed by atoms with E-state index in [2.05, 4.69) is 29.8 Å². The van der Waals surface area contributed by atoms with Crippen molar-refractivity contribution in [1.82, 2.24) is 4.90 Å². The van der Waals surface area contributed by atoms with Crippen LogP contribution in [-0.4, -0.2) is 42.5 Å². The van der Waals surface area contributed by atoms with Crippen molar-refractivity contribution in [2.45, 2.75) is 19.8 Å². The molecule has 1 aliphatic heterocycles. The Morgan fingerprint density at radius 2 is 2.27 bits per heavy atom. The van der Waals surface area contributed by atoms with E-state index in [1.807, 2.05) is 0 Å². The molecule has 0 saturated carbocycles. The molecule has 2 nitrogen and oxygen atoms in total. The average Bonchev–Trinajstić information content (AvgIpc) is 2.31. The second-order valence-corrected chi connectivity index (χ2v) is 2.99. The summed E-state index contributed by atoms with van der Waals surface area (Å²) >= 11 is 0. The van der Waals surface area contributed by atoms with Crippen LogP contribution in [0.15, 0.2) is 0 Å². The molecule has 11 heavy (non-hydrogen) atoms. The molecule has 0 radical (unpaired) electrons. The molecule has 1 heterocycles. The van der Waals surface area contributed by atoms with Crippen molar-refractivity contribution < 1.29 is 28.6 Å². The van der Waals surface area contributed by atoms with E-state index in [1.165, 1.54) is 32.5 Å². The minimum absolute atomic E-state index is 0. The summed E-state index contributed by atoms with van der Waals surface area (Å²) in [7, 11) is 2.13. The van der Waals surface area contributed by atoms with E-state index in [0.29, 0.717) is 0 Å². The highest BCUT2D eigenvalue weighted by molar-refractivity contribution is 5.50. The fraction of sp³-hybridized carbons (Fsp3) is 0.875. The molecule has 1 rings (SSSR count). The van der Waals surface area contributed by atoms with Crippen LogP contribution < -0.4 is 24.0 Å². The first-order valence-electron chi connectivity index (χ1n) is 4.12. The zero-order valence-corrected chi connectivity index (χ0v) is 9.54. The van der Waals surface area contributed by atoms with Crippen LogP contribution in [-0.2, 0) is 0 Å². The van der Waals surface area contributed by atoms with Gasteiger partial charge in [0.05, 0.1) is 13.6 Å². The lowest BCUT2D eigenvalue weighted by Gasteiger charge is -2.03. The number of nitrogens with zero attached hydrogens (tertiary/aromatic N) is 2. The first-order valence-corrected chi connectivity index (χ1v) is 4.12. The Morgan fingerprint density at radius 3 is 2.73 bits per heavy atom. The Kier molecular flexibility index (Phi) is 5.91. The van der Waals surface area contributed by atoms with Gasteiger partial charge >= 0.3 is 0 Å². The zero-order valence-electron chi connectivity index (χ0n) is 7.39. The highest BCUT2D eigenvalue weighted by Gasteiger charge is 2.14. The summed E-state index contributed by atoms with van der Waals surface area (Å²) in [5, 5.41) is 0. The quantitative estimate of drug-likeness (QED) is 0.415. The Balaban J connectivity index is 0.000001000. The van der Waals surface area contributed by atoms with Crippen LogP contribution in [0.25, 0.3) is 0 Å². The lowest BCUT2D eigenvalue weighted by atomic mass is 10.3. The summed E-state index contributed by atoms with van der Waals surface area (Å²) in [6.45, 7) is 5.89. The molecule has 0 bridgehead atoms. The second kappa shape index (κ2) is 5.80. The van der Waals surface area contributed by atoms with Crippen molar-refractivity contribution in [1.29, 1.82) is 0 Å². The molecule has 0 unspecified atom stereocenters. The van der Waals surface area contributed by atoms with E-state index in [9.17, 15) is 0 Å². The smallest absolute Gasteiger partial charge is 0.234 e. The van der Waals surface area contributed by atoms with Crippen LogP contribution in [0, 0.1) is 0 Å². The van der Waals surface area contributed by atoms with Gasteiger partial charge in [0.15, 0.2) is 0 Å². The SMILES string of the molecule is CCCCN1C=[N+](C)CC1.[I-]. The minimum Gasteiger partial charge on any atom is -1.00 e. The largest absolute Gasteiger partial charge is 1.00 e. The van der Waals surface area contributed by atoms with Crippen LogP contribution >= 0.6 is 0 Å². The van der Waals surface area contributed by atoms with Crippen molar-refractivity contribution in [2.75, 3.05) is 26.7 Å². The van der Waals surface area contributed by atoms with E-state index in [4.69, 9.17) is 0 Å². The highest BCUT2D eigenvalue weighted by Crippen LogP contribution is 1.95. The minimum atomic E-state index is 0. The molecule has 66 valence electrons. The number of unbranched alkanes of at least 4 members (excludes halogenated alkanes) is 1. The first kappa shape index (κ1) is 11.2. The summed E-state index contributed by atoms with van der Waals surface area (Å²) in [5.41, 5.74) is 0. The van der Waals surface area contributed by atoms with Gasteiger partial charge in [-0.15, -0.1) is 0 Å². The van der Waals surface area contributed by atoms with E-state index < -0.39 is 0 Å². The van der Waals surface area contributed by atoms with Crippen LogP contribution in [0.3, 0.4) is 0 Å². The van der Waals surface area contributed by atoms with Crippen molar-refractivity contribution >= 4 is 6.34 Å². The summed E-state index contributed by atoms with van der Waals surface area (Å²) in [6, 6.07) is 0. The Morgan fingerprint density at radius 1 is 1.55 bits per heavy atom. The fourth-order valence-electron chi connectivity index (χ4n) is 1.21. The van der Waals surface area contributed by atoms with Crippen LogP contribution in [0.5, 0.6) is 0 Å². The number of halogens is 1. The highest BCUT2D eigenvalue weighted by atomic mass is 127. The van der Waals surface area contributed by atoms with Crippen LogP contribution in [0.4, 0.5) is 0 Å². The standard InChI is InChI=1S/C8H17N2.HI/c1-3-4-5-10-7-6-9(2)8-10;/h8H,3-7H2,1-2H3;1H/q+1;/p-1. The number of likely N-dealkylation sites (N-methyl/N-ethyl adjacent to an activating group) is 1. The van der Waals surface area contributed by atoms with Crippen molar-refractivity contribution in [2.24, 2.45) is 0 Å². The van der Waals surface area contributed by atoms with Crippen molar-refractivity contribution in [3.8, 4) is 0 Å². The molecule has 3 heteroatoms. The Labute approximate surface area is 86.3 Å². The zero-order chi connectivity index (χ0) is 7.40. The predicted molar refractivity (Wildman–Crippen MR) is 43.6 cm³/mol. The van der Waals surface area contributed by atoms with E-state index in [-0.39, 0.29) is 24.0 Å². The van der Waals surface area contributed by atoms with Gasteiger partial charge in [0.25, 0.3) is 0 Å². The van der Waals surface area contributed by atoms with E-state index in [1.54, 1.807) is 0 Å². The molecular formula is C8H17IN2. The van der Waals surface area contributed by atoms with Crippen LogP contribution in [0.1, 0.15) is 19.8 Å². The molecule has 0 aromatic carbocycles.